The molecule has 0 N–H and O–H groups in total. The minimum atomic E-state index is -2.99. The standard InChI is InChI=1S/C13H19BrO2S/c1-9-5-6-10(2)12(7-9)8-13(14)11(3)17(4,15)16/h5-7,11,13H,8H2,1-4H3. The molecule has 0 radical (unpaired) electrons. The van der Waals surface area contributed by atoms with Crippen molar-refractivity contribution in [1.29, 1.82) is 0 Å². The second kappa shape index (κ2) is 5.53. The van der Waals surface area contributed by atoms with Crippen molar-refractivity contribution in [3.8, 4) is 0 Å². The van der Waals surface area contributed by atoms with Gasteiger partial charge in [-0.05, 0) is 38.3 Å². The van der Waals surface area contributed by atoms with E-state index >= 15 is 0 Å². The molecule has 1 aromatic rings. The molecule has 0 bridgehead atoms. The van der Waals surface area contributed by atoms with Crippen molar-refractivity contribution < 1.29 is 8.42 Å². The van der Waals surface area contributed by atoms with Crippen LogP contribution in [0.1, 0.15) is 23.6 Å². The molecule has 1 rings (SSSR count). The Morgan fingerprint density at radius 3 is 2.41 bits per heavy atom. The minimum Gasteiger partial charge on any atom is -0.229 e. The molecular weight excluding hydrogens is 300 g/mol. The Morgan fingerprint density at radius 1 is 1.29 bits per heavy atom. The summed E-state index contributed by atoms with van der Waals surface area (Å²) in [4.78, 5) is -0.0435. The quantitative estimate of drug-likeness (QED) is 0.800. The van der Waals surface area contributed by atoms with Crippen LogP contribution in [0.15, 0.2) is 18.2 Å². The molecule has 2 atom stereocenters. The highest BCUT2D eigenvalue weighted by Gasteiger charge is 2.24. The Labute approximate surface area is 112 Å². The molecule has 1 aromatic carbocycles. The molecule has 4 heteroatoms. The van der Waals surface area contributed by atoms with E-state index in [0.29, 0.717) is 0 Å². The molecule has 0 fully saturated rings. The Morgan fingerprint density at radius 2 is 1.88 bits per heavy atom. The highest BCUT2D eigenvalue weighted by atomic mass is 79.9. The molecule has 2 nitrogen and oxygen atoms in total. The monoisotopic (exact) mass is 318 g/mol. The van der Waals surface area contributed by atoms with Crippen LogP contribution in [-0.2, 0) is 16.3 Å². The number of aryl methyl sites for hydroxylation is 2. The average Bonchev–Trinajstić information content (AvgIpc) is 2.21. The lowest BCUT2D eigenvalue weighted by Gasteiger charge is -2.18. The normalized spacial score (nSPS) is 15.6. The zero-order valence-corrected chi connectivity index (χ0v) is 13.1. The van der Waals surface area contributed by atoms with Crippen molar-refractivity contribution in [3.05, 3.63) is 34.9 Å². The SMILES string of the molecule is Cc1ccc(C)c(CC(Br)C(C)S(C)(=O)=O)c1. The topological polar surface area (TPSA) is 34.1 Å². The third-order valence-electron chi connectivity index (χ3n) is 3.10. The maximum absolute atomic E-state index is 11.5. The summed E-state index contributed by atoms with van der Waals surface area (Å²) in [6, 6.07) is 6.27. The van der Waals surface area contributed by atoms with Crippen LogP contribution in [0, 0.1) is 13.8 Å². The average molecular weight is 319 g/mol. The fourth-order valence-electron chi connectivity index (χ4n) is 1.66. The number of sulfone groups is 1. The van der Waals surface area contributed by atoms with Crippen molar-refractivity contribution in [2.75, 3.05) is 6.26 Å². The molecule has 0 aliphatic heterocycles. The lowest BCUT2D eigenvalue weighted by atomic mass is 10.0. The number of rotatable bonds is 4. The number of alkyl halides is 1. The van der Waals surface area contributed by atoms with E-state index in [1.54, 1.807) is 6.92 Å². The fraction of sp³-hybridized carbons (Fsp3) is 0.538. The molecule has 0 spiro atoms. The van der Waals surface area contributed by atoms with E-state index in [4.69, 9.17) is 0 Å². The predicted molar refractivity (Wildman–Crippen MR) is 76.6 cm³/mol. The maximum atomic E-state index is 11.5. The first kappa shape index (κ1) is 14.7. The van der Waals surface area contributed by atoms with Crippen LogP contribution in [0.3, 0.4) is 0 Å². The van der Waals surface area contributed by atoms with Crippen molar-refractivity contribution in [2.45, 2.75) is 37.3 Å². The molecule has 0 aliphatic rings. The van der Waals surface area contributed by atoms with Crippen molar-refractivity contribution in [3.63, 3.8) is 0 Å². The van der Waals surface area contributed by atoms with Gasteiger partial charge in [0, 0.05) is 11.1 Å². The van der Waals surface area contributed by atoms with Crippen molar-refractivity contribution in [2.24, 2.45) is 0 Å². The van der Waals surface area contributed by atoms with E-state index in [2.05, 4.69) is 41.1 Å². The summed E-state index contributed by atoms with van der Waals surface area (Å²) >= 11 is 3.50. The molecule has 0 saturated carbocycles. The van der Waals surface area contributed by atoms with E-state index in [9.17, 15) is 8.42 Å². The first-order valence-corrected chi connectivity index (χ1v) is 8.48. The summed E-state index contributed by atoms with van der Waals surface area (Å²) in [7, 11) is -2.99. The van der Waals surface area contributed by atoms with Crippen molar-refractivity contribution in [1.82, 2.24) is 0 Å². The van der Waals surface area contributed by atoms with Gasteiger partial charge in [-0.1, -0.05) is 39.7 Å². The van der Waals surface area contributed by atoms with Crippen LogP contribution in [-0.4, -0.2) is 24.8 Å². The second-order valence-electron chi connectivity index (χ2n) is 4.68. The van der Waals surface area contributed by atoms with E-state index < -0.39 is 9.84 Å². The van der Waals surface area contributed by atoms with Gasteiger partial charge in [-0.2, -0.15) is 0 Å². The molecule has 0 aliphatic carbocycles. The lowest BCUT2D eigenvalue weighted by Crippen LogP contribution is -2.28. The molecule has 17 heavy (non-hydrogen) atoms. The fourth-order valence-corrected chi connectivity index (χ4v) is 3.82. The smallest absolute Gasteiger partial charge is 0.151 e. The van der Waals surface area contributed by atoms with Crippen LogP contribution in [0.25, 0.3) is 0 Å². The summed E-state index contributed by atoms with van der Waals surface area (Å²) in [5.74, 6) is 0. The molecule has 2 unspecified atom stereocenters. The largest absolute Gasteiger partial charge is 0.229 e. The van der Waals surface area contributed by atoms with Gasteiger partial charge in [-0.3, -0.25) is 0 Å². The third-order valence-corrected chi connectivity index (χ3v) is 6.25. The zero-order chi connectivity index (χ0) is 13.2. The van der Waals surface area contributed by atoms with Gasteiger partial charge in [0.05, 0.1) is 5.25 Å². The van der Waals surface area contributed by atoms with Gasteiger partial charge in [-0.25, -0.2) is 8.42 Å². The first-order chi connectivity index (χ1) is 7.71. The minimum absolute atomic E-state index is 0.0435. The molecule has 0 amide bonds. The molecule has 0 saturated heterocycles. The third kappa shape index (κ3) is 4.11. The Kier molecular flexibility index (Phi) is 4.78. The summed E-state index contributed by atoms with van der Waals surface area (Å²) in [5.41, 5.74) is 3.63. The number of benzene rings is 1. The van der Waals surface area contributed by atoms with Crippen LogP contribution < -0.4 is 0 Å². The highest BCUT2D eigenvalue weighted by molar-refractivity contribution is 9.09. The van der Waals surface area contributed by atoms with Crippen LogP contribution >= 0.6 is 15.9 Å². The highest BCUT2D eigenvalue weighted by Crippen LogP contribution is 2.21. The molecule has 0 aromatic heterocycles. The summed E-state index contributed by atoms with van der Waals surface area (Å²) in [5, 5.41) is -0.373. The second-order valence-corrected chi connectivity index (χ2v) is 8.26. The maximum Gasteiger partial charge on any atom is 0.151 e. The molecule has 0 heterocycles. The van der Waals surface area contributed by atoms with Crippen molar-refractivity contribution >= 4 is 25.8 Å². The molecule has 96 valence electrons. The number of hydrogen-bond acceptors (Lipinski definition) is 2. The Bertz CT molecular complexity index is 494. The van der Waals surface area contributed by atoms with E-state index in [1.165, 1.54) is 22.9 Å². The lowest BCUT2D eigenvalue weighted by molar-refractivity contribution is 0.586. The van der Waals surface area contributed by atoms with Gasteiger partial charge in [0.2, 0.25) is 0 Å². The Balaban J connectivity index is 2.88. The summed E-state index contributed by atoms with van der Waals surface area (Å²) in [6.45, 7) is 5.85. The van der Waals surface area contributed by atoms with Crippen LogP contribution in [0.2, 0.25) is 0 Å². The van der Waals surface area contributed by atoms with Gasteiger partial charge in [0.25, 0.3) is 0 Å². The van der Waals surface area contributed by atoms with E-state index in [1.807, 2.05) is 6.92 Å². The Hall–Kier alpha value is -0.350. The first-order valence-electron chi connectivity index (χ1n) is 5.61. The van der Waals surface area contributed by atoms with Crippen LogP contribution in [0.5, 0.6) is 0 Å². The van der Waals surface area contributed by atoms with E-state index in [0.717, 1.165) is 6.42 Å². The summed E-state index contributed by atoms with van der Waals surface area (Å²) in [6.07, 6.45) is 2.02. The van der Waals surface area contributed by atoms with Gasteiger partial charge < -0.3 is 0 Å². The van der Waals surface area contributed by atoms with Gasteiger partial charge >= 0.3 is 0 Å². The van der Waals surface area contributed by atoms with E-state index in [-0.39, 0.29) is 10.1 Å². The van der Waals surface area contributed by atoms with Gasteiger partial charge in [-0.15, -0.1) is 0 Å². The van der Waals surface area contributed by atoms with Gasteiger partial charge in [0.1, 0.15) is 0 Å². The van der Waals surface area contributed by atoms with Crippen LogP contribution in [0.4, 0.5) is 0 Å². The number of halogens is 1. The molecular formula is C13H19BrO2S. The zero-order valence-electron chi connectivity index (χ0n) is 10.7. The predicted octanol–water partition coefficient (Wildman–Crippen LogP) is 3.04. The summed E-state index contributed by atoms with van der Waals surface area (Å²) < 4.78 is 23.0. The number of hydrogen-bond donors (Lipinski definition) is 0. The van der Waals surface area contributed by atoms with Gasteiger partial charge in [0.15, 0.2) is 9.84 Å².